The van der Waals surface area contributed by atoms with E-state index in [1.165, 1.54) is 4.88 Å². The van der Waals surface area contributed by atoms with E-state index >= 15 is 0 Å². The summed E-state index contributed by atoms with van der Waals surface area (Å²) in [6.07, 6.45) is 0. The Bertz CT molecular complexity index is 553. The van der Waals surface area contributed by atoms with Crippen molar-refractivity contribution in [1.82, 2.24) is 4.98 Å². The molecular formula is C14H19N3OS. The molecule has 4 nitrogen and oxygen atoms in total. The molecule has 0 unspecified atom stereocenters. The van der Waals surface area contributed by atoms with Crippen LogP contribution in [0, 0.1) is 6.92 Å². The topological polar surface area (TPSA) is 51.4 Å². The number of nitrogen functional groups attached to an aromatic ring is 1. The van der Waals surface area contributed by atoms with Gasteiger partial charge in [-0.3, -0.25) is 0 Å². The molecule has 102 valence electrons. The van der Waals surface area contributed by atoms with Crippen LogP contribution in [0.5, 0.6) is 5.75 Å². The third-order valence-corrected chi connectivity index (χ3v) is 3.90. The number of ether oxygens (including phenoxy) is 1. The molecule has 0 radical (unpaired) electrons. The zero-order valence-corrected chi connectivity index (χ0v) is 12.3. The van der Waals surface area contributed by atoms with Crippen molar-refractivity contribution in [2.75, 3.05) is 24.3 Å². The van der Waals surface area contributed by atoms with Gasteiger partial charge in [0.15, 0.2) is 0 Å². The smallest absolute Gasteiger partial charge is 0.144 e. The van der Waals surface area contributed by atoms with E-state index in [1.54, 1.807) is 11.3 Å². The molecule has 0 atom stereocenters. The van der Waals surface area contributed by atoms with Crippen LogP contribution in [0.2, 0.25) is 0 Å². The van der Waals surface area contributed by atoms with Gasteiger partial charge in [-0.2, -0.15) is 0 Å². The molecule has 2 N–H and O–H groups in total. The summed E-state index contributed by atoms with van der Waals surface area (Å²) in [4.78, 5) is 7.65. The third kappa shape index (κ3) is 2.98. The first-order valence-corrected chi connectivity index (χ1v) is 7.12. The number of para-hydroxylation sites is 1. The molecule has 0 fully saturated rings. The van der Waals surface area contributed by atoms with Gasteiger partial charge in [-0.25, -0.2) is 4.98 Å². The standard InChI is InChI=1S/C14H19N3OS/c1-4-18-12-7-5-6-11(14(12)15)17(3)8-13-10(2)16-9-19-13/h5-7,9H,4,8,15H2,1-3H3. The molecule has 2 aromatic rings. The van der Waals surface area contributed by atoms with Crippen molar-refractivity contribution in [2.45, 2.75) is 20.4 Å². The third-order valence-electron chi connectivity index (χ3n) is 2.98. The molecule has 0 aliphatic heterocycles. The summed E-state index contributed by atoms with van der Waals surface area (Å²) in [6.45, 7) is 5.40. The van der Waals surface area contributed by atoms with E-state index in [2.05, 4.69) is 9.88 Å². The van der Waals surface area contributed by atoms with Gasteiger partial charge in [0, 0.05) is 11.9 Å². The molecule has 19 heavy (non-hydrogen) atoms. The molecule has 0 amide bonds. The van der Waals surface area contributed by atoms with E-state index in [9.17, 15) is 0 Å². The molecule has 1 aromatic heterocycles. The predicted molar refractivity (Wildman–Crippen MR) is 81.0 cm³/mol. The van der Waals surface area contributed by atoms with Gasteiger partial charge in [0.05, 0.1) is 35.7 Å². The first-order chi connectivity index (χ1) is 9.13. The van der Waals surface area contributed by atoms with Crippen LogP contribution in [0.1, 0.15) is 17.5 Å². The highest BCUT2D eigenvalue weighted by Crippen LogP contribution is 2.32. The molecule has 2 rings (SSSR count). The van der Waals surface area contributed by atoms with Crippen molar-refractivity contribution in [3.05, 3.63) is 34.3 Å². The van der Waals surface area contributed by atoms with Crippen molar-refractivity contribution < 1.29 is 4.74 Å². The Morgan fingerprint density at radius 3 is 2.84 bits per heavy atom. The molecule has 0 bridgehead atoms. The average Bonchev–Trinajstić information content (AvgIpc) is 2.78. The van der Waals surface area contributed by atoms with Gasteiger partial charge < -0.3 is 15.4 Å². The van der Waals surface area contributed by atoms with Crippen molar-refractivity contribution in [2.24, 2.45) is 0 Å². The summed E-state index contributed by atoms with van der Waals surface area (Å²) >= 11 is 1.67. The lowest BCUT2D eigenvalue weighted by Gasteiger charge is -2.22. The number of aromatic nitrogens is 1. The van der Waals surface area contributed by atoms with Crippen LogP contribution in [0.4, 0.5) is 11.4 Å². The summed E-state index contributed by atoms with van der Waals surface area (Å²) in [5, 5.41) is 0. The zero-order chi connectivity index (χ0) is 13.8. The van der Waals surface area contributed by atoms with E-state index in [1.807, 2.05) is 44.6 Å². The van der Waals surface area contributed by atoms with E-state index in [0.29, 0.717) is 12.3 Å². The second-order valence-electron chi connectivity index (χ2n) is 4.34. The van der Waals surface area contributed by atoms with Crippen LogP contribution in [0.3, 0.4) is 0 Å². The van der Waals surface area contributed by atoms with Gasteiger partial charge in [0.1, 0.15) is 5.75 Å². The van der Waals surface area contributed by atoms with Gasteiger partial charge in [-0.05, 0) is 26.0 Å². The van der Waals surface area contributed by atoms with Crippen LogP contribution in [0.25, 0.3) is 0 Å². The Morgan fingerprint density at radius 1 is 1.42 bits per heavy atom. The van der Waals surface area contributed by atoms with E-state index in [-0.39, 0.29) is 0 Å². The average molecular weight is 277 g/mol. The minimum atomic E-state index is 0.616. The SMILES string of the molecule is CCOc1cccc(N(C)Cc2scnc2C)c1N. The number of benzene rings is 1. The van der Waals surface area contributed by atoms with E-state index in [0.717, 1.165) is 23.7 Å². The summed E-state index contributed by atoms with van der Waals surface area (Å²) in [5.74, 6) is 0.743. The van der Waals surface area contributed by atoms with Crippen LogP contribution in [-0.4, -0.2) is 18.6 Å². The molecule has 0 spiro atoms. The zero-order valence-electron chi connectivity index (χ0n) is 11.5. The number of aryl methyl sites for hydroxylation is 1. The number of hydrogen-bond acceptors (Lipinski definition) is 5. The Hall–Kier alpha value is -1.75. The summed E-state index contributed by atoms with van der Waals surface area (Å²) in [6, 6.07) is 5.87. The fraction of sp³-hybridized carbons (Fsp3) is 0.357. The Morgan fingerprint density at radius 2 is 2.21 bits per heavy atom. The van der Waals surface area contributed by atoms with Gasteiger partial charge in [0.2, 0.25) is 0 Å². The maximum atomic E-state index is 6.16. The Labute approximate surface area is 117 Å². The molecular weight excluding hydrogens is 258 g/mol. The Kier molecular flexibility index (Phi) is 4.27. The quantitative estimate of drug-likeness (QED) is 0.853. The fourth-order valence-electron chi connectivity index (χ4n) is 1.93. The van der Waals surface area contributed by atoms with Gasteiger partial charge in [-0.15, -0.1) is 11.3 Å². The van der Waals surface area contributed by atoms with E-state index in [4.69, 9.17) is 10.5 Å². The van der Waals surface area contributed by atoms with Crippen molar-refractivity contribution in [3.8, 4) is 5.75 Å². The second kappa shape index (κ2) is 5.93. The lowest BCUT2D eigenvalue weighted by molar-refractivity contribution is 0.342. The lowest BCUT2D eigenvalue weighted by Crippen LogP contribution is -2.18. The summed E-state index contributed by atoms with van der Waals surface area (Å²) in [7, 11) is 2.03. The lowest BCUT2D eigenvalue weighted by atomic mass is 10.2. The number of hydrogen-bond donors (Lipinski definition) is 1. The van der Waals surface area contributed by atoms with Gasteiger partial charge in [0.25, 0.3) is 0 Å². The van der Waals surface area contributed by atoms with Crippen molar-refractivity contribution >= 4 is 22.7 Å². The number of nitrogens with zero attached hydrogens (tertiary/aromatic N) is 2. The summed E-state index contributed by atoms with van der Waals surface area (Å²) < 4.78 is 5.52. The fourth-order valence-corrected chi connectivity index (χ4v) is 2.75. The largest absolute Gasteiger partial charge is 0.492 e. The maximum absolute atomic E-state index is 6.16. The monoisotopic (exact) mass is 277 g/mol. The summed E-state index contributed by atoms with van der Waals surface area (Å²) in [5.41, 5.74) is 10.8. The highest BCUT2D eigenvalue weighted by atomic mass is 32.1. The number of anilines is 2. The number of thiazole rings is 1. The molecule has 1 heterocycles. The molecule has 0 aliphatic rings. The Balaban J connectivity index is 2.21. The first-order valence-electron chi connectivity index (χ1n) is 6.24. The number of nitrogens with two attached hydrogens (primary N) is 1. The van der Waals surface area contributed by atoms with Gasteiger partial charge >= 0.3 is 0 Å². The molecule has 1 aromatic carbocycles. The molecule has 0 saturated heterocycles. The van der Waals surface area contributed by atoms with Crippen molar-refractivity contribution in [3.63, 3.8) is 0 Å². The minimum absolute atomic E-state index is 0.616. The van der Waals surface area contributed by atoms with Crippen LogP contribution < -0.4 is 15.4 Å². The van der Waals surface area contributed by atoms with Crippen LogP contribution >= 0.6 is 11.3 Å². The van der Waals surface area contributed by atoms with Crippen LogP contribution in [-0.2, 0) is 6.54 Å². The molecule has 0 aliphatic carbocycles. The normalized spacial score (nSPS) is 10.5. The van der Waals surface area contributed by atoms with Crippen LogP contribution in [0.15, 0.2) is 23.7 Å². The minimum Gasteiger partial charge on any atom is -0.492 e. The predicted octanol–water partition coefficient (Wildman–Crippen LogP) is 3.07. The maximum Gasteiger partial charge on any atom is 0.144 e. The van der Waals surface area contributed by atoms with Gasteiger partial charge in [-0.1, -0.05) is 6.07 Å². The number of rotatable bonds is 5. The first kappa shape index (κ1) is 13.7. The van der Waals surface area contributed by atoms with Crippen molar-refractivity contribution in [1.29, 1.82) is 0 Å². The second-order valence-corrected chi connectivity index (χ2v) is 5.28. The highest BCUT2D eigenvalue weighted by Gasteiger charge is 2.12. The van der Waals surface area contributed by atoms with E-state index < -0.39 is 0 Å². The highest BCUT2D eigenvalue weighted by molar-refractivity contribution is 7.09. The molecule has 0 saturated carbocycles. The molecule has 5 heteroatoms.